The summed E-state index contributed by atoms with van der Waals surface area (Å²) in [5.74, 6) is 0.248. The van der Waals surface area contributed by atoms with Gasteiger partial charge in [-0.25, -0.2) is 4.39 Å². The third-order valence-electron chi connectivity index (χ3n) is 1.50. The minimum atomic E-state index is -0.298. The standard InChI is InChI=1S/C11H13FO/c1-4-9-5-10(12)7-11(6-9)13-8(2)3/h4-8H,1H2,2-3H3. The van der Waals surface area contributed by atoms with Gasteiger partial charge in [-0.2, -0.15) is 0 Å². The molecule has 0 aliphatic carbocycles. The molecular weight excluding hydrogens is 167 g/mol. The number of ether oxygens (including phenoxy) is 1. The van der Waals surface area contributed by atoms with Crippen LogP contribution in [0.5, 0.6) is 5.75 Å². The lowest BCUT2D eigenvalue weighted by molar-refractivity contribution is 0.241. The fraction of sp³-hybridized carbons (Fsp3) is 0.273. The van der Waals surface area contributed by atoms with Crippen molar-refractivity contribution in [2.75, 3.05) is 0 Å². The van der Waals surface area contributed by atoms with Gasteiger partial charge in [-0.15, -0.1) is 0 Å². The Hall–Kier alpha value is -1.31. The predicted octanol–water partition coefficient (Wildman–Crippen LogP) is 3.26. The Kier molecular flexibility index (Phi) is 3.07. The minimum absolute atomic E-state index is 0.0551. The van der Waals surface area contributed by atoms with E-state index in [1.165, 1.54) is 12.1 Å². The summed E-state index contributed by atoms with van der Waals surface area (Å²) < 4.78 is 18.3. The van der Waals surface area contributed by atoms with E-state index in [1.54, 1.807) is 12.1 Å². The van der Waals surface area contributed by atoms with Crippen molar-refractivity contribution >= 4 is 6.08 Å². The SMILES string of the molecule is C=Cc1cc(F)cc(OC(C)C)c1. The van der Waals surface area contributed by atoms with Crippen molar-refractivity contribution in [1.82, 2.24) is 0 Å². The topological polar surface area (TPSA) is 9.23 Å². The zero-order chi connectivity index (χ0) is 9.84. The monoisotopic (exact) mass is 180 g/mol. The lowest BCUT2D eigenvalue weighted by atomic mass is 10.2. The molecule has 2 heteroatoms. The smallest absolute Gasteiger partial charge is 0.127 e. The van der Waals surface area contributed by atoms with Crippen molar-refractivity contribution in [1.29, 1.82) is 0 Å². The van der Waals surface area contributed by atoms with Gasteiger partial charge in [0.25, 0.3) is 0 Å². The van der Waals surface area contributed by atoms with Gasteiger partial charge in [0, 0.05) is 6.07 Å². The molecule has 13 heavy (non-hydrogen) atoms. The molecule has 0 amide bonds. The highest BCUT2D eigenvalue weighted by Gasteiger charge is 2.01. The predicted molar refractivity (Wildman–Crippen MR) is 52.3 cm³/mol. The van der Waals surface area contributed by atoms with E-state index in [0.717, 1.165) is 5.56 Å². The van der Waals surface area contributed by atoms with E-state index in [9.17, 15) is 4.39 Å². The van der Waals surface area contributed by atoms with Crippen LogP contribution in [0, 0.1) is 5.82 Å². The minimum Gasteiger partial charge on any atom is -0.491 e. The molecule has 0 aliphatic rings. The number of halogens is 1. The third kappa shape index (κ3) is 2.90. The summed E-state index contributed by atoms with van der Waals surface area (Å²) >= 11 is 0. The summed E-state index contributed by atoms with van der Waals surface area (Å²) in [7, 11) is 0. The van der Waals surface area contributed by atoms with Gasteiger partial charge < -0.3 is 4.74 Å². The van der Waals surface area contributed by atoms with Gasteiger partial charge in [0.15, 0.2) is 0 Å². The Labute approximate surface area is 77.8 Å². The number of rotatable bonds is 3. The molecule has 0 unspecified atom stereocenters. The molecule has 1 rings (SSSR count). The maximum atomic E-state index is 12.9. The largest absolute Gasteiger partial charge is 0.491 e. The second-order valence-corrected chi connectivity index (χ2v) is 3.09. The van der Waals surface area contributed by atoms with Crippen molar-refractivity contribution in [2.45, 2.75) is 20.0 Å². The summed E-state index contributed by atoms with van der Waals surface area (Å²) in [5, 5.41) is 0. The van der Waals surface area contributed by atoms with Crippen LogP contribution in [-0.4, -0.2) is 6.10 Å². The van der Waals surface area contributed by atoms with E-state index >= 15 is 0 Å². The first-order valence-electron chi connectivity index (χ1n) is 4.21. The van der Waals surface area contributed by atoms with Crippen LogP contribution in [0.1, 0.15) is 19.4 Å². The zero-order valence-corrected chi connectivity index (χ0v) is 7.88. The van der Waals surface area contributed by atoms with Crippen LogP contribution in [0.25, 0.3) is 6.08 Å². The normalized spacial score (nSPS) is 10.2. The molecule has 0 N–H and O–H groups in total. The summed E-state index contributed by atoms with van der Waals surface area (Å²) in [6, 6.07) is 4.54. The van der Waals surface area contributed by atoms with Gasteiger partial charge in [-0.05, 0) is 31.5 Å². The average molecular weight is 180 g/mol. The van der Waals surface area contributed by atoms with Crippen LogP contribution in [0.15, 0.2) is 24.8 Å². The molecule has 1 aromatic rings. The fourth-order valence-corrected chi connectivity index (χ4v) is 1.04. The van der Waals surface area contributed by atoms with Gasteiger partial charge in [0.2, 0.25) is 0 Å². The molecule has 0 spiro atoms. The zero-order valence-electron chi connectivity index (χ0n) is 7.88. The average Bonchev–Trinajstić information content (AvgIpc) is 2.01. The van der Waals surface area contributed by atoms with Crippen LogP contribution < -0.4 is 4.74 Å². The quantitative estimate of drug-likeness (QED) is 0.693. The molecule has 0 aliphatic heterocycles. The van der Waals surface area contributed by atoms with Gasteiger partial charge in [0.1, 0.15) is 11.6 Å². The van der Waals surface area contributed by atoms with Crippen LogP contribution in [0.3, 0.4) is 0 Å². The molecule has 0 bridgehead atoms. The van der Waals surface area contributed by atoms with E-state index in [-0.39, 0.29) is 11.9 Å². The first-order chi connectivity index (χ1) is 6.11. The molecule has 0 heterocycles. The van der Waals surface area contributed by atoms with Crippen LogP contribution in [0.4, 0.5) is 4.39 Å². The van der Waals surface area contributed by atoms with E-state index in [0.29, 0.717) is 5.75 Å². The Morgan fingerprint density at radius 3 is 2.62 bits per heavy atom. The summed E-state index contributed by atoms with van der Waals surface area (Å²) in [6.07, 6.45) is 1.65. The molecule has 0 saturated heterocycles. The van der Waals surface area contributed by atoms with Crippen LogP contribution in [-0.2, 0) is 0 Å². The van der Waals surface area contributed by atoms with Gasteiger partial charge >= 0.3 is 0 Å². The second-order valence-electron chi connectivity index (χ2n) is 3.09. The maximum absolute atomic E-state index is 12.9. The van der Waals surface area contributed by atoms with Crippen molar-refractivity contribution in [3.05, 3.63) is 36.2 Å². The van der Waals surface area contributed by atoms with Crippen molar-refractivity contribution in [2.24, 2.45) is 0 Å². The molecule has 0 radical (unpaired) electrons. The second kappa shape index (κ2) is 4.08. The molecule has 0 fully saturated rings. The maximum Gasteiger partial charge on any atom is 0.127 e. The highest BCUT2D eigenvalue weighted by atomic mass is 19.1. The molecule has 1 aromatic carbocycles. The van der Waals surface area contributed by atoms with E-state index in [2.05, 4.69) is 6.58 Å². The molecule has 0 aromatic heterocycles. The Balaban J connectivity index is 2.94. The highest BCUT2D eigenvalue weighted by Crippen LogP contribution is 2.18. The first-order valence-corrected chi connectivity index (χ1v) is 4.21. The third-order valence-corrected chi connectivity index (χ3v) is 1.50. The fourth-order valence-electron chi connectivity index (χ4n) is 1.04. The summed E-state index contributed by atoms with van der Waals surface area (Å²) in [4.78, 5) is 0. The lowest BCUT2D eigenvalue weighted by Crippen LogP contribution is -2.05. The summed E-state index contributed by atoms with van der Waals surface area (Å²) in [6.45, 7) is 7.37. The summed E-state index contributed by atoms with van der Waals surface area (Å²) in [5.41, 5.74) is 0.732. The number of hydrogen-bond acceptors (Lipinski definition) is 1. The van der Waals surface area contributed by atoms with Crippen LogP contribution >= 0.6 is 0 Å². The van der Waals surface area contributed by atoms with Crippen molar-refractivity contribution < 1.29 is 9.13 Å². The van der Waals surface area contributed by atoms with Crippen LogP contribution in [0.2, 0.25) is 0 Å². The Bertz CT molecular complexity index is 305. The van der Waals surface area contributed by atoms with Gasteiger partial charge in [-0.1, -0.05) is 12.7 Å². The molecule has 0 atom stereocenters. The van der Waals surface area contributed by atoms with Gasteiger partial charge in [0.05, 0.1) is 6.10 Å². The van der Waals surface area contributed by atoms with Gasteiger partial charge in [-0.3, -0.25) is 0 Å². The van der Waals surface area contributed by atoms with E-state index in [4.69, 9.17) is 4.74 Å². The lowest BCUT2D eigenvalue weighted by Gasteiger charge is -2.10. The first kappa shape index (κ1) is 9.78. The number of hydrogen-bond donors (Lipinski definition) is 0. The molecule has 1 nitrogen and oxygen atoms in total. The molecule has 70 valence electrons. The Morgan fingerprint density at radius 2 is 2.08 bits per heavy atom. The van der Waals surface area contributed by atoms with E-state index < -0.39 is 0 Å². The molecular formula is C11H13FO. The van der Waals surface area contributed by atoms with E-state index in [1.807, 2.05) is 13.8 Å². The highest BCUT2D eigenvalue weighted by molar-refractivity contribution is 5.49. The number of benzene rings is 1. The molecule has 0 saturated carbocycles. The Morgan fingerprint density at radius 1 is 1.38 bits per heavy atom. The van der Waals surface area contributed by atoms with Crippen molar-refractivity contribution in [3.63, 3.8) is 0 Å². The van der Waals surface area contributed by atoms with Crippen molar-refractivity contribution in [3.8, 4) is 5.75 Å².